The highest BCUT2D eigenvalue weighted by atomic mass is 32.2. The van der Waals surface area contributed by atoms with Crippen LogP contribution in [-0.2, 0) is 11.3 Å². The number of thiophene rings is 1. The Bertz CT molecular complexity index is 1400. The summed E-state index contributed by atoms with van der Waals surface area (Å²) in [5, 5.41) is 5.26. The summed E-state index contributed by atoms with van der Waals surface area (Å²) in [5.41, 5.74) is 2.15. The maximum Gasteiger partial charge on any atom is 0.272 e. The molecule has 0 atom stereocenters. The average molecular weight is 498 g/mol. The second-order valence-electron chi connectivity index (χ2n) is 7.18. The molecular weight excluding hydrogens is 478 g/mol. The Morgan fingerprint density at radius 2 is 2.06 bits per heavy atom. The van der Waals surface area contributed by atoms with Gasteiger partial charge in [-0.1, -0.05) is 23.9 Å². The molecule has 33 heavy (non-hydrogen) atoms. The fourth-order valence-corrected chi connectivity index (χ4v) is 5.46. The van der Waals surface area contributed by atoms with E-state index in [1.165, 1.54) is 23.1 Å². The molecule has 0 aliphatic carbocycles. The normalized spacial score (nSPS) is 12.3. The Labute approximate surface area is 202 Å². The van der Waals surface area contributed by atoms with Gasteiger partial charge < -0.3 is 14.8 Å². The molecule has 0 unspecified atom stereocenters. The monoisotopic (exact) mass is 497 g/mol. The SMILES string of the molecule is CSc1cccc(NC(=O)CSc2nc3ccsc3c(=O)n2Cc2ccc3c(c2)OCO3)c1. The Morgan fingerprint density at radius 3 is 2.94 bits per heavy atom. The zero-order valence-electron chi connectivity index (χ0n) is 17.6. The molecule has 0 radical (unpaired) electrons. The smallest absolute Gasteiger partial charge is 0.272 e. The summed E-state index contributed by atoms with van der Waals surface area (Å²) in [4.78, 5) is 31.6. The van der Waals surface area contributed by atoms with Gasteiger partial charge in [0.25, 0.3) is 5.56 Å². The predicted molar refractivity (Wildman–Crippen MR) is 133 cm³/mol. The first-order chi connectivity index (χ1) is 16.1. The van der Waals surface area contributed by atoms with Crippen molar-refractivity contribution in [2.24, 2.45) is 0 Å². The highest BCUT2D eigenvalue weighted by molar-refractivity contribution is 7.99. The van der Waals surface area contributed by atoms with E-state index >= 15 is 0 Å². The number of hydrogen-bond donors (Lipinski definition) is 1. The molecule has 0 fully saturated rings. The van der Waals surface area contributed by atoms with Crippen LogP contribution >= 0.6 is 34.9 Å². The molecule has 0 spiro atoms. The van der Waals surface area contributed by atoms with E-state index in [0.29, 0.717) is 33.4 Å². The van der Waals surface area contributed by atoms with Gasteiger partial charge in [0.1, 0.15) is 4.70 Å². The van der Waals surface area contributed by atoms with Crippen molar-refractivity contribution in [3.05, 3.63) is 69.8 Å². The van der Waals surface area contributed by atoms with Crippen LogP contribution in [0.3, 0.4) is 0 Å². The predicted octanol–water partition coefficient (Wildman–Crippen LogP) is 4.69. The van der Waals surface area contributed by atoms with Crippen LogP contribution in [0.5, 0.6) is 11.5 Å². The number of rotatable bonds is 7. The number of amides is 1. The third kappa shape index (κ3) is 4.73. The van der Waals surface area contributed by atoms with Crippen LogP contribution in [0.4, 0.5) is 5.69 Å². The molecule has 4 aromatic rings. The molecule has 0 saturated carbocycles. The number of anilines is 1. The molecule has 0 bridgehead atoms. The van der Waals surface area contributed by atoms with Crippen LogP contribution in [0, 0.1) is 0 Å². The van der Waals surface area contributed by atoms with Gasteiger partial charge >= 0.3 is 0 Å². The van der Waals surface area contributed by atoms with Crippen molar-refractivity contribution < 1.29 is 14.3 Å². The van der Waals surface area contributed by atoms with Crippen LogP contribution in [0.15, 0.2) is 68.8 Å². The molecule has 0 saturated heterocycles. The van der Waals surface area contributed by atoms with Crippen LogP contribution in [0.2, 0.25) is 0 Å². The van der Waals surface area contributed by atoms with Crippen molar-refractivity contribution >= 4 is 56.7 Å². The number of benzene rings is 2. The second kappa shape index (κ2) is 9.50. The van der Waals surface area contributed by atoms with Gasteiger partial charge in [-0.25, -0.2) is 4.98 Å². The van der Waals surface area contributed by atoms with E-state index in [0.717, 1.165) is 16.1 Å². The molecule has 7 nitrogen and oxygen atoms in total. The van der Waals surface area contributed by atoms with Crippen molar-refractivity contribution in [3.8, 4) is 11.5 Å². The first-order valence-corrected chi connectivity index (χ1v) is 13.1. The molecule has 1 N–H and O–H groups in total. The Hall–Kier alpha value is -2.95. The first-order valence-electron chi connectivity index (χ1n) is 10.0. The van der Waals surface area contributed by atoms with Gasteiger partial charge in [0.05, 0.1) is 17.8 Å². The van der Waals surface area contributed by atoms with E-state index in [4.69, 9.17) is 9.47 Å². The third-order valence-electron chi connectivity index (χ3n) is 4.99. The molecule has 10 heteroatoms. The standard InChI is InChI=1S/C23H19N3O4S3/c1-31-16-4-2-3-15(10-16)24-20(27)12-33-23-25-17-7-8-32-21(17)22(28)26(23)11-14-5-6-18-19(9-14)30-13-29-18/h2-10H,11-13H2,1H3,(H,24,27). The van der Waals surface area contributed by atoms with Gasteiger partial charge in [0.15, 0.2) is 16.7 Å². The summed E-state index contributed by atoms with van der Waals surface area (Å²) in [6, 6.07) is 15.1. The lowest BCUT2D eigenvalue weighted by atomic mass is 10.2. The van der Waals surface area contributed by atoms with E-state index in [1.54, 1.807) is 16.3 Å². The third-order valence-corrected chi connectivity index (χ3v) is 7.59. The van der Waals surface area contributed by atoms with E-state index in [1.807, 2.05) is 60.2 Å². The summed E-state index contributed by atoms with van der Waals surface area (Å²) in [7, 11) is 0. The number of fused-ring (bicyclic) bond motifs is 2. The van der Waals surface area contributed by atoms with Crippen molar-refractivity contribution in [1.29, 1.82) is 0 Å². The summed E-state index contributed by atoms with van der Waals surface area (Å²) in [6.45, 7) is 0.507. The summed E-state index contributed by atoms with van der Waals surface area (Å²) < 4.78 is 13.0. The number of ether oxygens (including phenoxy) is 2. The lowest BCUT2D eigenvalue weighted by Crippen LogP contribution is -2.24. The number of hydrogen-bond acceptors (Lipinski definition) is 8. The lowest BCUT2D eigenvalue weighted by Gasteiger charge is -2.13. The minimum Gasteiger partial charge on any atom is -0.454 e. The van der Waals surface area contributed by atoms with Crippen LogP contribution < -0.4 is 20.3 Å². The molecule has 168 valence electrons. The van der Waals surface area contributed by atoms with Crippen LogP contribution in [0.25, 0.3) is 10.2 Å². The highest BCUT2D eigenvalue weighted by Gasteiger charge is 2.17. The second-order valence-corrected chi connectivity index (χ2v) is 9.92. The molecule has 5 rings (SSSR count). The van der Waals surface area contributed by atoms with Crippen LogP contribution in [0.1, 0.15) is 5.56 Å². The number of nitrogens with zero attached hydrogens (tertiary/aromatic N) is 2. The summed E-state index contributed by atoms with van der Waals surface area (Å²) >= 11 is 4.22. The number of nitrogens with one attached hydrogen (secondary N) is 1. The molecule has 1 aliphatic rings. The van der Waals surface area contributed by atoms with Crippen LogP contribution in [-0.4, -0.2) is 34.3 Å². The Morgan fingerprint density at radius 1 is 1.18 bits per heavy atom. The topological polar surface area (TPSA) is 82.5 Å². The molecular formula is C23H19N3O4S3. The zero-order valence-corrected chi connectivity index (χ0v) is 20.0. The van der Waals surface area contributed by atoms with Crippen molar-refractivity contribution in [1.82, 2.24) is 9.55 Å². The van der Waals surface area contributed by atoms with Crippen molar-refractivity contribution in [2.75, 3.05) is 24.1 Å². The fraction of sp³-hybridized carbons (Fsp3) is 0.174. The Kier molecular flexibility index (Phi) is 6.30. The first kappa shape index (κ1) is 21.9. The van der Waals surface area contributed by atoms with E-state index in [-0.39, 0.29) is 24.0 Å². The lowest BCUT2D eigenvalue weighted by molar-refractivity contribution is -0.113. The summed E-state index contributed by atoms with van der Waals surface area (Å²) in [5.74, 6) is 1.32. The number of carbonyl (C=O) groups excluding carboxylic acids is 1. The molecule has 1 aliphatic heterocycles. The number of aromatic nitrogens is 2. The quantitative estimate of drug-likeness (QED) is 0.293. The minimum atomic E-state index is -0.160. The van der Waals surface area contributed by atoms with E-state index < -0.39 is 0 Å². The molecule has 2 aromatic heterocycles. The van der Waals surface area contributed by atoms with Crippen molar-refractivity contribution in [2.45, 2.75) is 16.6 Å². The van der Waals surface area contributed by atoms with Crippen molar-refractivity contribution in [3.63, 3.8) is 0 Å². The van der Waals surface area contributed by atoms with Gasteiger partial charge in [-0.2, -0.15) is 0 Å². The van der Waals surface area contributed by atoms with E-state index in [9.17, 15) is 9.59 Å². The molecule has 1 amide bonds. The maximum absolute atomic E-state index is 13.2. The van der Waals surface area contributed by atoms with Gasteiger partial charge in [-0.05, 0) is 53.6 Å². The maximum atomic E-state index is 13.2. The average Bonchev–Trinajstić information content (AvgIpc) is 3.49. The fourth-order valence-electron chi connectivity index (χ4n) is 3.42. The summed E-state index contributed by atoms with van der Waals surface area (Å²) in [6.07, 6.45) is 1.99. The Balaban J connectivity index is 1.38. The number of carbonyl (C=O) groups is 1. The van der Waals surface area contributed by atoms with Gasteiger partial charge in [-0.3, -0.25) is 14.2 Å². The molecule has 2 aromatic carbocycles. The largest absolute Gasteiger partial charge is 0.454 e. The number of thioether (sulfide) groups is 2. The van der Waals surface area contributed by atoms with Gasteiger partial charge in [-0.15, -0.1) is 23.1 Å². The minimum absolute atomic E-state index is 0.122. The zero-order chi connectivity index (χ0) is 22.8. The van der Waals surface area contributed by atoms with Gasteiger partial charge in [0, 0.05) is 10.6 Å². The van der Waals surface area contributed by atoms with E-state index in [2.05, 4.69) is 10.3 Å². The van der Waals surface area contributed by atoms with Gasteiger partial charge in [0.2, 0.25) is 12.7 Å². The highest BCUT2D eigenvalue weighted by Crippen LogP contribution is 2.33. The molecule has 3 heterocycles.